The molecule has 1 aromatic carbocycles. The van der Waals surface area contributed by atoms with E-state index < -0.39 is 12.1 Å². The number of alkyl halides is 3. The van der Waals surface area contributed by atoms with E-state index in [4.69, 9.17) is 21.4 Å². The molecule has 2 aliphatic rings. The molecule has 1 amide bonds. The number of aromatic nitrogens is 1. The number of carboxylic acid groups (broad SMARTS) is 1. The second-order valence-electron chi connectivity index (χ2n) is 8.83. The molecule has 0 bridgehead atoms. The van der Waals surface area contributed by atoms with E-state index in [2.05, 4.69) is 4.98 Å². The van der Waals surface area contributed by atoms with Gasteiger partial charge in [-0.1, -0.05) is 18.6 Å². The van der Waals surface area contributed by atoms with E-state index in [-0.39, 0.29) is 5.91 Å². The van der Waals surface area contributed by atoms with E-state index in [1.54, 1.807) is 11.3 Å². The van der Waals surface area contributed by atoms with Crippen LogP contribution in [0.25, 0.3) is 0 Å². The van der Waals surface area contributed by atoms with Crippen LogP contribution in [-0.4, -0.2) is 52.7 Å². The van der Waals surface area contributed by atoms with Crippen LogP contribution in [0.15, 0.2) is 29.6 Å². The summed E-state index contributed by atoms with van der Waals surface area (Å²) in [4.78, 5) is 28.4. The Balaban J connectivity index is 0.000000406. The monoisotopic (exact) mass is 498 g/mol. The number of likely N-dealkylation sites (tertiary alicyclic amines) is 1. The van der Waals surface area contributed by atoms with Crippen LogP contribution < -0.4 is 11.5 Å². The molecule has 34 heavy (non-hydrogen) atoms. The van der Waals surface area contributed by atoms with E-state index in [1.165, 1.54) is 19.3 Å². The van der Waals surface area contributed by atoms with Gasteiger partial charge in [0.1, 0.15) is 5.69 Å². The average Bonchev–Trinajstić information content (AvgIpc) is 3.42. The molecule has 1 aromatic heterocycles. The number of carbonyl (C=O) groups excluding carboxylic acids is 1. The summed E-state index contributed by atoms with van der Waals surface area (Å²) in [5.41, 5.74) is 14.6. The molecular formula is C23H29F3N4O3S. The van der Waals surface area contributed by atoms with Gasteiger partial charge in [-0.25, -0.2) is 9.78 Å². The molecule has 1 spiro atoms. The number of rotatable bonds is 4. The van der Waals surface area contributed by atoms with Crippen molar-refractivity contribution in [1.29, 1.82) is 0 Å². The highest BCUT2D eigenvalue weighted by Crippen LogP contribution is 2.50. The Morgan fingerprint density at radius 1 is 1.18 bits per heavy atom. The van der Waals surface area contributed by atoms with Crippen molar-refractivity contribution in [1.82, 2.24) is 9.88 Å². The maximum atomic E-state index is 12.9. The Hall–Kier alpha value is -2.66. The van der Waals surface area contributed by atoms with Crippen LogP contribution in [0.4, 0.5) is 18.9 Å². The molecule has 1 aliphatic carbocycles. The van der Waals surface area contributed by atoms with Crippen molar-refractivity contribution >= 4 is 28.9 Å². The molecular weight excluding hydrogens is 469 g/mol. The highest BCUT2D eigenvalue weighted by atomic mass is 32.1. The van der Waals surface area contributed by atoms with Crippen molar-refractivity contribution in [3.63, 3.8) is 0 Å². The zero-order valence-electron chi connectivity index (χ0n) is 18.7. The molecule has 186 valence electrons. The van der Waals surface area contributed by atoms with Gasteiger partial charge in [0, 0.05) is 30.6 Å². The summed E-state index contributed by atoms with van der Waals surface area (Å²) in [5, 5.41) is 9.99. The fourth-order valence-electron chi connectivity index (χ4n) is 4.85. The zero-order chi connectivity index (χ0) is 24.9. The predicted octanol–water partition coefficient (Wildman–Crippen LogP) is 3.93. The number of carbonyl (C=O) groups is 2. The number of thiazole rings is 1. The molecule has 1 unspecified atom stereocenters. The van der Waals surface area contributed by atoms with Crippen molar-refractivity contribution in [3.05, 3.63) is 45.9 Å². The van der Waals surface area contributed by atoms with E-state index in [9.17, 15) is 18.0 Å². The van der Waals surface area contributed by atoms with Gasteiger partial charge in [0.05, 0.1) is 5.01 Å². The van der Waals surface area contributed by atoms with Crippen LogP contribution in [-0.2, 0) is 11.2 Å². The van der Waals surface area contributed by atoms with E-state index in [0.717, 1.165) is 55.2 Å². The minimum atomic E-state index is -5.08. The van der Waals surface area contributed by atoms with Gasteiger partial charge in [0.15, 0.2) is 0 Å². The molecule has 7 nitrogen and oxygen atoms in total. The fraction of sp³-hybridized carbons (Fsp3) is 0.522. The van der Waals surface area contributed by atoms with Crippen LogP contribution in [0.1, 0.15) is 53.2 Å². The van der Waals surface area contributed by atoms with Gasteiger partial charge in [-0.15, -0.1) is 11.3 Å². The average molecular weight is 499 g/mol. The van der Waals surface area contributed by atoms with E-state index in [1.807, 2.05) is 34.5 Å². The number of halogens is 3. The summed E-state index contributed by atoms with van der Waals surface area (Å²) in [6, 6.07) is 7.82. The van der Waals surface area contributed by atoms with E-state index >= 15 is 0 Å². The lowest BCUT2D eigenvalue weighted by Crippen LogP contribution is -2.45. The molecule has 11 heteroatoms. The summed E-state index contributed by atoms with van der Waals surface area (Å²) in [5.74, 6) is -2.04. The standard InChI is InChI=1S/C21H28N4OS.C2HF3O2/c22-13-16-2-1-7-21(16)8-10-25(11-9-21)20(26)18-14-27-19(24-18)12-15-3-5-17(23)6-4-15;3-2(4,5)1(6)7/h3-6,14,16H,1-2,7-13,22-23H2;(H,6,7). The molecule has 2 fully saturated rings. The molecule has 2 aromatic rings. The summed E-state index contributed by atoms with van der Waals surface area (Å²) in [6.07, 6.45) is 1.65. The number of amides is 1. The maximum absolute atomic E-state index is 12.9. The lowest BCUT2D eigenvalue weighted by atomic mass is 9.70. The van der Waals surface area contributed by atoms with Gasteiger partial charge in [0.2, 0.25) is 0 Å². The molecule has 1 saturated carbocycles. The Bertz CT molecular complexity index is 986. The number of carboxylic acids is 1. The number of anilines is 1. The minimum Gasteiger partial charge on any atom is -0.475 e. The number of nitrogens with zero attached hydrogens (tertiary/aromatic N) is 2. The second kappa shape index (κ2) is 10.7. The molecule has 0 radical (unpaired) electrons. The largest absolute Gasteiger partial charge is 0.490 e. The second-order valence-corrected chi connectivity index (χ2v) is 9.77. The molecule has 2 heterocycles. The first-order valence-electron chi connectivity index (χ1n) is 11.1. The molecule has 4 rings (SSSR count). The third-order valence-electron chi connectivity index (χ3n) is 6.77. The quantitative estimate of drug-likeness (QED) is 0.549. The first-order chi connectivity index (χ1) is 16.0. The van der Waals surface area contributed by atoms with Gasteiger partial charge < -0.3 is 21.5 Å². The molecule has 5 N–H and O–H groups in total. The maximum Gasteiger partial charge on any atom is 0.490 e. The third kappa shape index (κ3) is 6.26. The predicted molar refractivity (Wildman–Crippen MR) is 123 cm³/mol. The highest BCUT2D eigenvalue weighted by Gasteiger charge is 2.44. The third-order valence-corrected chi connectivity index (χ3v) is 7.62. The minimum absolute atomic E-state index is 0.0759. The summed E-state index contributed by atoms with van der Waals surface area (Å²) >= 11 is 1.56. The lowest BCUT2D eigenvalue weighted by Gasteiger charge is -2.43. The Labute approximate surface area is 200 Å². The first-order valence-corrected chi connectivity index (χ1v) is 12.0. The van der Waals surface area contributed by atoms with Crippen LogP contribution in [0.5, 0.6) is 0 Å². The number of benzene rings is 1. The normalized spacial score (nSPS) is 19.5. The highest BCUT2D eigenvalue weighted by molar-refractivity contribution is 7.09. The van der Waals surface area contributed by atoms with Gasteiger partial charge >= 0.3 is 12.1 Å². The number of piperidine rings is 1. The Morgan fingerprint density at radius 2 is 1.79 bits per heavy atom. The van der Waals surface area contributed by atoms with Crippen molar-refractivity contribution in [2.45, 2.75) is 44.7 Å². The van der Waals surface area contributed by atoms with Crippen LogP contribution >= 0.6 is 11.3 Å². The number of nitrogens with two attached hydrogens (primary N) is 2. The summed E-state index contributed by atoms with van der Waals surface area (Å²) in [6.45, 7) is 2.45. The van der Waals surface area contributed by atoms with Crippen LogP contribution in [0.2, 0.25) is 0 Å². The van der Waals surface area contributed by atoms with Crippen LogP contribution in [0, 0.1) is 11.3 Å². The number of aliphatic carboxylic acids is 1. The van der Waals surface area contributed by atoms with Gasteiger partial charge in [0.25, 0.3) is 5.91 Å². The summed E-state index contributed by atoms with van der Waals surface area (Å²) in [7, 11) is 0. The number of nitrogen functional groups attached to an aromatic ring is 1. The molecule has 1 aliphatic heterocycles. The summed E-state index contributed by atoms with van der Waals surface area (Å²) < 4.78 is 31.7. The Morgan fingerprint density at radius 3 is 2.35 bits per heavy atom. The van der Waals surface area contributed by atoms with Crippen LogP contribution in [0.3, 0.4) is 0 Å². The van der Waals surface area contributed by atoms with Crippen molar-refractivity contribution in [2.24, 2.45) is 17.1 Å². The first kappa shape index (κ1) is 26.0. The van der Waals surface area contributed by atoms with Gasteiger partial charge in [-0.3, -0.25) is 4.79 Å². The van der Waals surface area contributed by atoms with Crippen molar-refractivity contribution in [2.75, 3.05) is 25.4 Å². The van der Waals surface area contributed by atoms with Crippen molar-refractivity contribution < 1.29 is 27.9 Å². The SMILES string of the molecule is NCC1CCCC12CCN(C(=O)c1csc(Cc3ccc(N)cc3)n1)CC2.O=C(O)C(F)(F)F. The van der Waals surface area contributed by atoms with E-state index in [0.29, 0.717) is 17.0 Å². The number of hydrogen-bond acceptors (Lipinski definition) is 6. The van der Waals surface area contributed by atoms with Gasteiger partial charge in [-0.05, 0) is 61.3 Å². The number of hydrogen-bond donors (Lipinski definition) is 3. The van der Waals surface area contributed by atoms with Crippen molar-refractivity contribution in [3.8, 4) is 0 Å². The lowest BCUT2D eigenvalue weighted by molar-refractivity contribution is -0.192. The molecule has 1 saturated heterocycles. The Kier molecular flexibility index (Phi) is 8.19. The van der Waals surface area contributed by atoms with Gasteiger partial charge in [-0.2, -0.15) is 13.2 Å². The topological polar surface area (TPSA) is 123 Å². The smallest absolute Gasteiger partial charge is 0.475 e. The fourth-order valence-corrected chi connectivity index (χ4v) is 5.66. The molecule has 1 atom stereocenters. The zero-order valence-corrected chi connectivity index (χ0v) is 19.5.